The van der Waals surface area contributed by atoms with E-state index in [1.807, 2.05) is 32.0 Å². The fourth-order valence-corrected chi connectivity index (χ4v) is 2.74. The second kappa shape index (κ2) is 6.32. The highest BCUT2D eigenvalue weighted by atomic mass is 16.5. The molecule has 2 amide bonds. The summed E-state index contributed by atoms with van der Waals surface area (Å²) in [6, 6.07) is 7.84. The van der Waals surface area contributed by atoms with Crippen molar-refractivity contribution in [3.8, 4) is 5.75 Å². The molecule has 0 spiro atoms. The maximum absolute atomic E-state index is 12.2. The Morgan fingerprint density at radius 2 is 2.17 bits per heavy atom. The largest absolute Gasteiger partial charge is 0.488 e. The van der Waals surface area contributed by atoms with Gasteiger partial charge in [-0.15, -0.1) is 0 Å². The molecule has 1 aliphatic rings. The summed E-state index contributed by atoms with van der Waals surface area (Å²) in [7, 11) is 1.76. The van der Waals surface area contributed by atoms with E-state index in [0.717, 1.165) is 29.2 Å². The minimum Gasteiger partial charge on any atom is -0.488 e. The van der Waals surface area contributed by atoms with E-state index in [9.17, 15) is 4.79 Å². The second-order valence-electron chi connectivity index (χ2n) is 5.90. The van der Waals surface area contributed by atoms with Gasteiger partial charge in [0.25, 0.3) is 0 Å². The minimum absolute atomic E-state index is 0.0104. The first-order valence-electron chi connectivity index (χ1n) is 7.70. The number of rotatable bonds is 4. The van der Waals surface area contributed by atoms with Crippen LogP contribution in [0, 0.1) is 13.8 Å². The quantitative estimate of drug-likeness (QED) is 0.941. The lowest BCUT2D eigenvalue weighted by Gasteiger charge is -2.19. The molecule has 0 fully saturated rings. The lowest BCUT2D eigenvalue weighted by Crippen LogP contribution is -2.41. The van der Waals surface area contributed by atoms with E-state index in [1.54, 1.807) is 11.9 Å². The Morgan fingerprint density at radius 3 is 2.87 bits per heavy atom. The molecule has 2 aromatic rings. The number of carbonyl (C=O) groups is 1. The molecule has 0 saturated carbocycles. The van der Waals surface area contributed by atoms with Crippen LogP contribution in [0.1, 0.15) is 22.6 Å². The molecule has 1 unspecified atom stereocenters. The average molecular weight is 315 g/mol. The van der Waals surface area contributed by atoms with E-state index >= 15 is 0 Å². The van der Waals surface area contributed by atoms with Crippen LogP contribution in [0.25, 0.3) is 0 Å². The normalized spacial score (nSPS) is 15.9. The number of nitrogens with one attached hydrogen (secondary N) is 1. The summed E-state index contributed by atoms with van der Waals surface area (Å²) in [5, 5.41) is 6.83. The van der Waals surface area contributed by atoms with Crippen LogP contribution in [0.2, 0.25) is 0 Å². The first-order chi connectivity index (χ1) is 11.0. The van der Waals surface area contributed by atoms with Gasteiger partial charge in [0.05, 0.1) is 18.8 Å². The Kier molecular flexibility index (Phi) is 4.23. The van der Waals surface area contributed by atoms with E-state index in [4.69, 9.17) is 9.26 Å². The molecule has 0 aliphatic carbocycles. The molecule has 0 bridgehead atoms. The molecule has 0 radical (unpaired) electrons. The molecule has 2 heterocycles. The van der Waals surface area contributed by atoms with Crippen LogP contribution in [0.15, 0.2) is 28.8 Å². The van der Waals surface area contributed by atoms with E-state index in [1.165, 1.54) is 5.56 Å². The Hall–Kier alpha value is -2.50. The maximum Gasteiger partial charge on any atom is 0.317 e. The number of amides is 2. The smallest absolute Gasteiger partial charge is 0.317 e. The van der Waals surface area contributed by atoms with Crippen molar-refractivity contribution in [1.29, 1.82) is 0 Å². The number of hydrogen-bond acceptors (Lipinski definition) is 4. The summed E-state index contributed by atoms with van der Waals surface area (Å²) in [6.45, 7) is 4.68. The molecule has 1 atom stereocenters. The number of fused-ring (bicyclic) bond motifs is 1. The van der Waals surface area contributed by atoms with Gasteiger partial charge in [0.15, 0.2) is 0 Å². The lowest BCUT2D eigenvalue weighted by molar-refractivity contribution is 0.191. The standard InChI is InChI=1S/C17H21N3O3/c1-11-15(12(2)23-19-11)10-20(3)17(21)18-9-14-8-13-6-4-5-7-16(13)22-14/h4-7,14H,8-10H2,1-3H3,(H,18,21). The zero-order chi connectivity index (χ0) is 16.4. The molecular weight excluding hydrogens is 294 g/mol. The number of aryl methyl sites for hydroxylation is 2. The zero-order valence-corrected chi connectivity index (χ0v) is 13.6. The van der Waals surface area contributed by atoms with Crippen molar-refractivity contribution >= 4 is 6.03 Å². The van der Waals surface area contributed by atoms with Crippen molar-refractivity contribution in [2.75, 3.05) is 13.6 Å². The van der Waals surface area contributed by atoms with Gasteiger partial charge in [0.1, 0.15) is 17.6 Å². The first-order valence-corrected chi connectivity index (χ1v) is 7.70. The summed E-state index contributed by atoms with van der Waals surface area (Å²) >= 11 is 0. The highest BCUT2D eigenvalue weighted by molar-refractivity contribution is 5.74. The van der Waals surface area contributed by atoms with E-state index in [2.05, 4.69) is 16.5 Å². The number of para-hydroxylation sites is 1. The molecule has 1 aromatic carbocycles. The van der Waals surface area contributed by atoms with Crippen LogP contribution in [-0.4, -0.2) is 35.8 Å². The van der Waals surface area contributed by atoms with E-state index < -0.39 is 0 Å². The van der Waals surface area contributed by atoms with Crippen LogP contribution in [-0.2, 0) is 13.0 Å². The molecule has 6 heteroatoms. The van der Waals surface area contributed by atoms with Gasteiger partial charge in [-0.2, -0.15) is 0 Å². The number of carbonyl (C=O) groups excluding carboxylic acids is 1. The SMILES string of the molecule is Cc1noc(C)c1CN(C)C(=O)NCC1Cc2ccccc2O1. The molecule has 6 nitrogen and oxygen atoms in total. The molecule has 0 saturated heterocycles. The van der Waals surface area contributed by atoms with Crippen molar-refractivity contribution in [2.24, 2.45) is 0 Å². The molecule has 122 valence electrons. The summed E-state index contributed by atoms with van der Waals surface area (Å²) in [5.41, 5.74) is 2.96. The predicted molar refractivity (Wildman–Crippen MR) is 85.4 cm³/mol. The van der Waals surface area contributed by atoms with Gasteiger partial charge < -0.3 is 19.5 Å². The molecular formula is C17H21N3O3. The second-order valence-corrected chi connectivity index (χ2v) is 5.90. The van der Waals surface area contributed by atoms with Gasteiger partial charge in [-0.25, -0.2) is 4.79 Å². The van der Waals surface area contributed by atoms with Crippen LogP contribution >= 0.6 is 0 Å². The third-order valence-electron chi connectivity index (χ3n) is 4.12. The topological polar surface area (TPSA) is 67.6 Å². The van der Waals surface area contributed by atoms with E-state index in [-0.39, 0.29) is 12.1 Å². The van der Waals surface area contributed by atoms with Crippen LogP contribution < -0.4 is 10.1 Å². The van der Waals surface area contributed by atoms with Gasteiger partial charge in [-0.05, 0) is 25.5 Å². The monoisotopic (exact) mass is 315 g/mol. The van der Waals surface area contributed by atoms with Crippen molar-refractivity contribution in [3.05, 3.63) is 46.8 Å². The van der Waals surface area contributed by atoms with Crippen molar-refractivity contribution in [3.63, 3.8) is 0 Å². The number of hydrogen-bond donors (Lipinski definition) is 1. The summed E-state index contributed by atoms with van der Waals surface area (Å²) in [6.07, 6.45) is 0.813. The number of ether oxygens (including phenoxy) is 1. The van der Waals surface area contributed by atoms with Crippen LogP contribution in [0.4, 0.5) is 4.79 Å². The summed E-state index contributed by atoms with van der Waals surface area (Å²) in [5.74, 6) is 1.66. The van der Waals surface area contributed by atoms with Gasteiger partial charge in [0, 0.05) is 19.0 Å². The first kappa shape index (κ1) is 15.4. The number of urea groups is 1. The fraction of sp³-hybridized carbons (Fsp3) is 0.412. The Balaban J connectivity index is 1.50. The van der Waals surface area contributed by atoms with Gasteiger partial charge in [-0.1, -0.05) is 23.4 Å². The number of aromatic nitrogens is 1. The van der Waals surface area contributed by atoms with Crippen LogP contribution in [0.3, 0.4) is 0 Å². The predicted octanol–water partition coefficient (Wildman–Crippen LogP) is 2.44. The van der Waals surface area contributed by atoms with Crippen molar-refractivity contribution in [1.82, 2.24) is 15.4 Å². The highest BCUT2D eigenvalue weighted by Gasteiger charge is 2.23. The molecule has 23 heavy (non-hydrogen) atoms. The Morgan fingerprint density at radius 1 is 1.39 bits per heavy atom. The van der Waals surface area contributed by atoms with Gasteiger partial charge >= 0.3 is 6.03 Å². The molecule has 1 aromatic heterocycles. The summed E-state index contributed by atoms with van der Waals surface area (Å²) in [4.78, 5) is 13.8. The van der Waals surface area contributed by atoms with Crippen molar-refractivity contribution in [2.45, 2.75) is 32.9 Å². The minimum atomic E-state index is -0.135. The zero-order valence-electron chi connectivity index (χ0n) is 13.6. The Labute approximate surface area is 135 Å². The Bertz CT molecular complexity index is 666. The van der Waals surface area contributed by atoms with E-state index in [0.29, 0.717) is 13.1 Å². The third-order valence-corrected chi connectivity index (χ3v) is 4.12. The molecule has 1 N–H and O–H groups in total. The molecule has 3 rings (SSSR count). The van der Waals surface area contributed by atoms with Gasteiger partial charge in [0.2, 0.25) is 0 Å². The maximum atomic E-state index is 12.2. The number of nitrogens with zero attached hydrogens (tertiary/aromatic N) is 2. The van der Waals surface area contributed by atoms with Gasteiger partial charge in [-0.3, -0.25) is 0 Å². The fourth-order valence-electron chi connectivity index (χ4n) is 2.74. The van der Waals surface area contributed by atoms with Crippen molar-refractivity contribution < 1.29 is 14.1 Å². The summed E-state index contributed by atoms with van der Waals surface area (Å²) < 4.78 is 10.9. The number of benzene rings is 1. The molecule has 1 aliphatic heterocycles. The lowest BCUT2D eigenvalue weighted by atomic mass is 10.1. The third kappa shape index (κ3) is 3.31. The van der Waals surface area contributed by atoms with Crippen LogP contribution in [0.5, 0.6) is 5.75 Å². The average Bonchev–Trinajstić information content (AvgIpc) is 3.10. The highest BCUT2D eigenvalue weighted by Crippen LogP contribution is 2.27.